The molecule has 0 aliphatic heterocycles. The number of urea groups is 1. The van der Waals surface area contributed by atoms with Crippen LogP contribution in [0.2, 0.25) is 0 Å². The maximum absolute atomic E-state index is 12.7. The Labute approximate surface area is 178 Å². The second kappa shape index (κ2) is 8.75. The monoisotopic (exact) mass is 416 g/mol. The SMILES string of the molecule is CNC(=O)NC(=O)[C@H](Nc1ccc(-c2nc3ccccc3s2)cc1)c1ccccc1. The number of imide groups is 1. The highest BCUT2D eigenvalue weighted by molar-refractivity contribution is 7.21. The van der Waals surface area contributed by atoms with E-state index in [0.717, 1.165) is 32.0 Å². The summed E-state index contributed by atoms with van der Waals surface area (Å²) in [5.74, 6) is -0.434. The summed E-state index contributed by atoms with van der Waals surface area (Å²) < 4.78 is 1.14. The van der Waals surface area contributed by atoms with Gasteiger partial charge >= 0.3 is 6.03 Å². The predicted octanol–water partition coefficient (Wildman–Crippen LogP) is 4.57. The zero-order valence-electron chi connectivity index (χ0n) is 16.3. The molecule has 4 rings (SSSR count). The summed E-state index contributed by atoms with van der Waals surface area (Å²) in [4.78, 5) is 29.0. The lowest BCUT2D eigenvalue weighted by molar-refractivity contribution is -0.120. The van der Waals surface area contributed by atoms with Gasteiger partial charge in [0, 0.05) is 18.3 Å². The first-order chi connectivity index (χ1) is 14.6. The molecule has 3 aromatic carbocycles. The van der Waals surface area contributed by atoms with Gasteiger partial charge in [0.2, 0.25) is 0 Å². The van der Waals surface area contributed by atoms with Crippen molar-refractivity contribution in [2.24, 2.45) is 0 Å². The maximum Gasteiger partial charge on any atom is 0.321 e. The van der Waals surface area contributed by atoms with Crippen molar-refractivity contribution < 1.29 is 9.59 Å². The van der Waals surface area contributed by atoms with Gasteiger partial charge in [-0.05, 0) is 42.0 Å². The van der Waals surface area contributed by atoms with Crippen molar-refractivity contribution >= 4 is 39.2 Å². The Hall–Kier alpha value is -3.71. The van der Waals surface area contributed by atoms with Gasteiger partial charge in [0.25, 0.3) is 5.91 Å². The molecule has 1 atom stereocenters. The quantitative estimate of drug-likeness (QED) is 0.445. The third kappa shape index (κ3) is 4.31. The Bertz CT molecular complexity index is 1140. The fraction of sp³-hybridized carbons (Fsp3) is 0.0870. The number of nitrogens with zero attached hydrogens (tertiary/aromatic N) is 1. The van der Waals surface area contributed by atoms with Crippen LogP contribution in [0, 0.1) is 0 Å². The first-order valence-electron chi connectivity index (χ1n) is 9.44. The lowest BCUT2D eigenvalue weighted by Crippen LogP contribution is -2.42. The summed E-state index contributed by atoms with van der Waals surface area (Å²) in [7, 11) is 1.47. The number of aromatic nitrogens is 1. The molecule has 0 spiro atoms. The number of fused-ring (bicyclic) bond motifs is 1. The van der Waals surface area contributed by atoms with Crippen molar-refractivity contribution in [2.45, 2.75) is 6.04 Å². The summed E-state index contributed by atoms with van der Waals surface area (Å²) in [6.07, 6.45) is 0. The number of rotatable bonds is 5. The zero-order valence-corrected chi connectivity index (χ0v) is 17.1. The van der Waals surface area contributed by atoms with Crippen LogP contribution in [0.5, 0.6) is 0 Å². The van der Waals surface area contributed by atoms with Gasteiger partial charge in [-0.1, -0.05) is 42.5 Å². The fourth-order valence-corrected chi connectivity index (χ4v) is 4.03. The minimum Gasteiger partial charge on any atom is -0.370 e. The van der Waals surface area contributed by atoms with Gasteiger partial charge in [0.1, 0.15) is 11.0 Å². The number of hydrogen-bond acceptors (Lipinski definition) is 5. The van der Waals surface area contributed by atoms with Crippen molar-refractivity contribution in [1.82, 2.24) is 15.6 Å². The van der Waals surface area contributed by atoms with Crippen LogP contribution in [0.3, 0.4) is 0 Å². The molecule has 3 amide bonds. The summed E-state index contributed by atoms with van der Waals surface area (Å²) >= 11 is 1.64. The van der Waals surface area contributed by atoms with Gasteiger partial charge in [-0.15, -0.1) is 11.3 Å². The Balaban J connectivity index is 1.57. The molecule has 3 N–H and O–H groups in total. The molecule has 0 unspecified atom stereocenters. The normalized spacial score (nSPS) is 11.6. The van der Waals surface area contributed by atoms with Crippen molar-refractivity contribution in [3.63, 3.8) is 0 Å². The first-order valence-corrected chi connectivity index (χ1v) is 10.3. The van der Waals surface area contributed by atoms with Crippen molar-refractivity contribution in [2.75, 3.05) is 12.4 Å². The Morgan fingerprint density at radius 2 is 1.60 bits per heavy atom. The lowest BCUT2D eigenvalue weighted by atomic mass is 10.1. The average Bonchev–Trinajstić information content (AvgIpc) is 3.22. The van der Waals surface area contributed by atoms with Crippen LogP contribution >= 0.6 is 11.3 Å². The molecular weight excluding hydrogens is 396 g/mol. The third-order valence-electron chi connectivity index (χ3n) is 4.60. The molecule has 0 fully saturated rings. The van der Waals surface area contributed by atoms with E-state index in [1.807, 2.05) is 72.8 Å². The molecule has 0 radical (unpaired) electrons. The van der Waals surface area contributed by atoms with E-state index in [-0.39, 0.29) is 0 Å². The Morgan fingerprint density at radius 1 is 0.900 bits per heavy atom. The largest absolute Gasteiger partial charge is 0.370 e. The molecule has 0 aliphatic carbocycles. The average molecular weight is 417 g/mol. The number of carbonyl (C=O) groups is 2. The fourth-order valence-electron chi connectivity index (χ4n) is 3.06. The minimum absolute atomic E-state index is 0.434. The highest BCUT2D eigenvalue weighted by Crippen LogP contribution is 2.31. The van der Waals surface area contributed by atoms with Crippen LogP contribution in [0.4, 0.5) is 10.5 Å². The topological polar surface area (TPSA) is 83.1 Å². The van der Waals surface area contributed by atoms with Crippen LogP contribution in [-0.2, 0) is 4.79 Å². The van der Waals surface area contributed by atoms with Crippen LogP contribution in [0.25, 0.3) is 20.8 Å². The predicted molar refractivity (Wildman–Crippen MR) is 120 cm³/mol. The standard InChI is InChI=1S/C23H20N4O2S/c1-24-23(29)27-21(28)20(15-7-3-2-4-8-15)25-17-13-11-16(12-14-17)22-26-18-9-5-6-10-19(18)30-22/h2-14,20,25H,1H3,(H2,24,27,28,29)/t20-/m1/s1. The number of amides is 3. The summed E-state index contributed by atoms with van der Waals surface area (Å²) in [5.41, 5.74) is 3.51. The van der Waals surface area contributed by atoms with Gasteiger partial charge in [0.15, 0.2) is 0 Å². The first kappa shape index (κ1) is 19.6. The van der Waals surface area contributed by atoms with E-state index >= 15 is 0 Å². The van der Waals surface area contributed by atoms with Gasteiger partial charge in [-0.2, -0.15) is 0 Å². The molecule has 6 nitrogen and oxygen atoms in total. The van der Waals surface area contributed by atoms with E-state index in [2.05, 4.69) is 27.0 Å². The summed E-state index contributed by atoms with van der Waals surface area (Å²) in [5, 5.41) is 8.90. The van der Waals surface area contributed by atoms with Crippen LogP contribution < -0.4 is 16.0 Å². The molecule has 30 heavy (non-hydrogen) atoms. The number of thiazole rings is 1. The molecule has 4 aromatic rings. The van der Waals surface area contributed by atoms with Crippen LogP contribution in [-0.4, -0.2) is 24.0 Å². The minimum atomic E-state index is -0.711. The molecule has 150 valence electrons. The number of para-hydroxylation sites is 1. The molecule has 0 saturated heterocycles. The zero-order chi connectivity index (χ0) is 20.9. The Morgan fingerprint density at radius 3 is 2.30 bits per heavy atom. The smallest absolute Gasteiger partial charge is 0.321 e. The number of carbonyl (C=O) groups excluding carboxylic acids is 2. The van der Waals surface area contributed by atoms with Crippen molar-refractivity contribution in [3.05, 3.63) is 84.4 Å². The molecule has 1 aromatic heterocycles. The molecular formula is C23H20N4O2S. The van der Waals surface area contributed by atoms with Gasteiger partial charge in [-0.3, -0.25) is 10.1 Å². The van der Waals surface area contributed by atoms with E-state index in [1.165, 1.54) is 7.05 Å². The van der Waals surface area contributed by atoms with Crippen molar-refractivity contribution in [3.8, 4) is 10.6 Å². The van der Waals surface area contributed by atoms with Crippen LogP contribution in [0.1, 0.15) is 11.6 Å². The van der Waals surface area contributed by atoms with E-state index in [4.69, 9.17) is 0 Å². The molecule has 0 saturated carbocycles. The number of anilines is 1. The highest BCUT2D eigenvalue weighted by atomic mass is 32.1. The third-order valence-corrected chi connectivity index (χ3v) is 5.68. The second-order valence-corrected chi connectivity index (χ2v) is 7.65. The molecule has 0 bridgehead atoms. The maximum atomic E-state index is 12.7. The van der Waals surface area contributed by atoms with Crippen molar-refractivity contribution in [1.29, 1.82) is 0 Å². The summed E-state index contributed by atoms with van der Waals surface area (Å²) in [6, 6.07) is 23.8. The van der Waals surface area contributed by atoms with Gasteiger partial charge in [-0.25, -0.2) is 9.78 Å². The highest BCUT2D eigenvalue weighted by Gasteiger charge is 2.22. The van der Waals surface area contributed by atoms with E-state index in [0.29, 0.717) is 0 Å². The lowest BCUT2D eigenvalue weighted by Gasteiger charge is -2.19. The van der Waals surface area contributed by atoms with E-state index in [9.17, 15) is 9.59 Å². The number of nitrogens with one attached hydrogen (secondary N) is 3. The number of benzene rings is 3. The van der Waals surface area contributed by atoms with Gasteiger partial charge in [0.05, 0.1) is 10.2 Å². The van der Waals surface area contributed by atoms with Gasteiger partial charge < -0.3 is 10.6 Å². The van der Waals surface area contributed by atoms with Crippen LogP contribution in [0.15, 0.2) is 78.9 Å². The second-order valence-electron chi connectivity index (χ2n) is 6.62. The Kier molecular flexibility index (Phi) is 5.72. The molecule has 0 aliphatic rings. The number of hydrogen-bond donors (Lipinski definition) is 3. The van der Waals surface area contributed by atoms with E-state index in [1.54, 1.807) is 11.3 Å². The molecule has 7 heteroatoms. The van der Waals surface area contributed by atoms with E-state index < -0.39 is 18.0 Å². The molecule has 1 heterocycles. The summed E-state index contributed by atoms with van der Waals surface area (Å²) in [6.45, 7) is 0.